The molecule has 1 N–H and O–H groups in total. The molecule has 8 heteroatoms. The van der Waals surface area contributed by atoms with Gasteiger partial charge in [-0.3, -0.25) is 14.5 Å². The van der Waals surface area contributed by atoms with Gasteiger partial charge in [-0.25, -0.2) is 0 Å². The van der Waals surface area contributed by atoms with Crippen molar-refractivity contribution in [2.24, 2.45) is 0 Å². The molecule has 1 amide bonds. The van der Waals surface area contributed by atoms with Crippen molar-refractivity contribution < 1.29 is 24.2 Å². The highest BCUT2D eigenvalue weighted by Crippen LogP contribution is 2.39. The van der Waals surface area contributed by atoms with E-state index in [0.29, 0.717) is 38.5 Å². The van der Waals surface area contributed by atoms with Crippen molar-refractivity contribution in [3.05, 3.63) is 69.7 Å². The van der Waals surface area contributed by atoms with E-state index in [1.165, 1.54) is 0 Å². The number of halogens is 1. The van der Waals surface area contributed by atoms with Crippen LogP contribution in [0.15, 0.2) is 58.6 Å². The average molecular weight is 543 g/mol. The Balaban J connectivity index is 1.67. The zero-order chi connectivity index (χ0) is 24.8. The number of ketones is 1. The summed E-state index contributed by atoms with van der Waals surface area (Å²) in [6.07, 6.45) is 2.02. The second-order valence-electron chi connectivity index (χ2n) is 8.72. The van der Waals surface area contributed by atoms with Gasteiger partial charge in [0.15, 0.2) is 0 Å². The molecule has 2 aromatic carbocycles. The number of benzene rings is 2. The first-order valence-electron chi connectivity index (χ1n) is 12.1. The van der Waals surface area contributed by atoms with E-state index in [2.05, 4.69) is 27.8 Å². The van der Waals surface area contributed by atoms with Crippen LogP contribution in [0.5, 0.6) is 5.75 Å². The number of amides is 1. The lowest BCUT2D eigenvalue weighted by Gasteiger charge is -2.31. The van der Waals surface area contributed by atoms with Crippen LogP contribution < -0.4 is 4.74 Å². The predicted molar refractivity (Wildman–Crippen MR) is 137 cm³/mol. The van der Waals surface area contributed by atoms with Gasteiger partial charge in [-0.1, -0.05) is 53.5 Å². The Morgan fingerprint density at radius 1 is 1.06 bits per heavy atom. The Morgan fingerprint density at radius 2 is 1.74 bits per heavy atom. The fourth-order valence-electron chi connectivity index (χ4n) is 4.38. The first-order chi connectivity index (χ1) is 17.0. The first kappa shape index (κ1) is 25.4. The number of aliphatic hydroxyl groups excluding tert-OH is 1. The molecule has 35 heavy (non-hydrogen) atoms. The second kappa shape index (κ2) is 11.8. The highest BCUT2D eigenvalue weighted by Gasteiger charge is 2.46. The van der Waals surface area contributed by atoms with Crippen LogP contribution in [0.25, 0.3) is 5.76 Å². The summed E-state index contributed by atoms with van der Waals surface area (Å²) < 4.78 is 12.1. The van der Waals surface area contributed by atoms with Crippen molar-refractivity contribution in [2.75, 3.05) is 46.0 Å². The molecule has 186 valence electrons. The smallest absolute Gasteiger partial charge is 0.295 e. The largest absolute Gasteiger partial charge is 0.507 e. The molecule has 2 aliphatic heterocycles. The molecule has 2 aromatic rings. The van der Waals surface area contributed by atoms with Crippen LogP contribution in [0.1, 0.15) is 36.9 Å². The van der Waals surface area contributed by atoms with Gasteiger partial charge in [-0.05, 0) is 36.2 Å². The zero-order valence-electron chi connectivity index (χ0n) is 19.9. The third kappa shape index (κ3) is 5.94. The van der Waals surface area contributed by atoms with Gasteiger partial charge in [0.05, 0.1) is 31.4 Å². The number of carbonyl (C=O) groups excluding carboxylic acids is 2. The minimum absolute atomic E-state index is 0.110. The number of aliphatic hydroxyl groups is 1. The monoisotopic (exact) mass is 542 g/mol. The van der Waals surface area contributed by atoms with Gasteiger partial charge < -0.3 is 19.5 Å². The maximum absolute atomic E-state index is 13.2. The van der Waals surface area contributed by atoms with Gasteiger partial charge in [0.1, 0.15) is 11.5 Å². The van der Waals surface area contributed by atoms with Crippen LogP contribution in [0.3, 0.4) is 0 Å². The summed E-state index contributed by atoms with van der Waals surface area (Å²) in [5.41, 5.74) is 1.36. The molecule has 0 spiro atoms. The van der Waals surface area contributed by atoms with Crippen molar-refractivity contribution in [1.82, 2.24) is 9.80 Å². The van der Waals surface area contributed by atoms with Crippen LogP contribution in [-0.4, -0.2) is 72.6 Å². The van der Waals surface area contributed by atoms with Crippen LogP contribution in [-0.2, 0) is 14.3 Å². The SMILES string of the molecule is CCCCOc1ccc(C2C(=C(O)c3ccc(Br)cc3)C(=O)C(=O)N2CCN2CCOCC2)cc1. The van der Waals surface area contributed by atoms with Crippen LogP contribution in [0.2, 0.25) is 0 Å². The molecule has 7 nitrogen and oxygen atoms in total. The van der Waals surface area contributed by atoms with Crippen LogP contribution in [0.4, 0.5) is 0 Å². The number of nitrogens with zero attached hydrogens (tertiary/aromatic N) is 2. The third-order valence-electron chi connectivity index (χ3n) is 6.38. The van der Waals surface area contributed by atoms with Crippen molar-refractivity contribution in [3.63, 3.8) is 0 Å². The number of likely N-dealkylation sites (tertiary alicyclic amines) is 1. The molecule has 0 radical (unpaired) electrons. The van der Waals surface area contributed by atoms with E-state index in [4.69, 9.17) is 9.47 Å². The molecule has 0 bridgehead atoms. The van der Waals surface area contributed by atoms with Gasteiger partial charge in [-0.15, -0.1) is 0 Å². The Bertz CT molecular complexity index is 1060. The second-order valence-corrected chi connectivity index (χ2v) is 9.64. The molecule has 0 aromatic heterocycles. The molecule has 2 heterocycles. The Morgan fingerprint density at radius 3 is 2.40 bits per heavy atom. The lowest BCUT2D eigenvalue weighted by molar-refractivity contribution is -0.140. The number of rotatable bonds is 9. The van der Waals surface area contributed by atoms with Crippen molar-refractivity contribution in [2.45, 2.75) is 25.8 Å². The van der Waals surface area contributed by atoms with E-state index >= 15 is 0 Å². The molecule has 2 saturated heterocycles. The fraction of sp³-hybridized carbons (Fsp3) is 0.407. The van der Waals surface area contributed by atoms with E-state index < -0.39 is 17.7 Å². The molecule has 2 aliphatic rings. The Hall–Kier alpha value is -2.68. The normalized spacial score (nSPS) is 20.4. The van der Waals surface area contributed by atoms with E-state index in [0.717, 1.165) is 41.7 Å². The van der Waals surface area contributed by atoms with E-state index in [9.17, 15) is 14.7 Å². The van der Waals surface area contributed by atoms with E-state index in [-0.39, 0.29) is 11.3 Å². The van der Waals surface area contributed by atoms with Gasteiger partial charge >= 0.3 is 0 Å². The van der Waals surface area contributed by atoms with Gasteiger partial charge in [0.25, 0.3) is 11.7 Å². The topological polar surface area (TPSA) is 79.3 Å². The molecule has 0 saturated carbocycles. The van der Waals surface area contributed by atoms with Crippen LogP contribution >= 0.6 is 15.9 Å². The number of morpholine rings is 1. The Kier molecular flexibility index (Phi) is 8.59. The van der Waals surface area contributed by atoms with Gasteiger partial charge in [-0.2, -0.15) is 0 Å². The predicted octanol–water partition coefficient (Wildman–Crippen LogP) is 4.38. The standard InChI is InChI=1S/C27H31BrN2O5/c1-2-3-16-35-22-10-6-19(7-11-22)24-23(25(31)20-4-8-21(28)9-5-20)26(32)27(33)30(24)13-12-29-14-17-34-18-15-29/h4-11,24,31H,2-3,12-18H2,1H3. The quantitative estimate of drug-likeness (QED) is 0.219. The molecule has 1 atom stereocenters. The number of unbranched alkanes of at least 4 members (excludes halogenated alkanes) is 1. The molecule has 1 unspecified atom stereocenters. The van der Waals surface area contributed by atoms with Gasteiger partial charge in [0, 0.05) is 36.2 Å². The zero-order valence-corrected chi connectivity index (χ0v) is 21.5. The molecule has 4 rings (SSSR count). The highest BCUT2D eigenvalue weighted by atomic mass is 79.9. The summed E-state index contributed by atoms with van der Waals surface area (Å²) in [6, 6.07) is 13.8. The summed E-state index contributed by atoms with van der Waals surface area (Å²) >= 11 is 3.39. The van der Waals surface area contributed by atoms with E-state index in [1.54, 1.807) is 29.2 Å². The number of hydrogen-bond acceptors (Lipinski definition) is 6. The molecule has 2 fully saturated rings. The Labute approximate surface area is 214 Å². The summed E-state index contributed by atoms with van der Waals surface area (Å²) in [7, 11) is 0. The highest BCUT2D eigenvalue weighted by molar-refractivity contribution is 9.10. The van der Waals surface area contributed by atoms with Crippen molar-refractivity contribution >= 4 is 33.4 Å². The summed E-state index contributed by atoms with van der Waals surface area (Å²) in [5, 5.41) is 11.2. The molecular formula is C27H31BrN2O5. The number of carbonyl (C=O) groups is 2. The lowest BCUT2D eigenvalue weighted by Crippen LogP contribution is -2.42. The van der Waals surface area contributed by atoms with Crippen LogP contribution in [0, 0.1) is 0 Å². The third-order valence-corrected chi connectivity index (χ3v) is 6.91. The number of Topliss-reactive ketones (excluding diaryl/α,β-unsaturated/α-hetero) is 1. The average Bonchev–Trinajstić information content (AvgIpc) is 3.13. The maximum atomic E-state index is 13.2. The number of ether oxygens (including phenoxy) is 2. The fourth-order valence-corrected chi connectivity index (χ4v) is 4.64. The van der Waals surface area contributed by atoms with E-state index in [1.807, 2.05) is 24.3 Å². The minimum atomic E-state index is -0.677. The lowest BCUT2D eigenvalue weighted by atomic mass is 9.95. The van der Waals surface area contributed by atoms with Crippen molar-refractivity contribution in [3.8, 4) is 5.75 Å². The minimum Gasteiger partial charge on any atom is -0.507 e. The number of hydrogen-bond donors (Lipinski definition) is 1. The summed E-state index contributed by atoms with van der Waals surface area (Å²) in [5.74, 6) is -0.691. The molecule has 0 aliphatic carbocycles. The maximum Gasteiger partial charge on any atom is 0.295 e. The first-order valence-corrected chi connectivity index (χ1v) is 12.9. The van der Waals surface area contributed by atoms with Gasteiger partial charge in [0.2, 0.25) is 0 Å². The summed E-state index contributed by atoms with van der Waals surface area (Å²) in [6.45, 7) is 6.64. The van der Waals surface area contributed by atoms with Crippen molar-refractivity contribution in [1.29, 1.82) is 0 Å². The molecular weight excluding hydrogens is 512 g/mol. The summed E-state index contributed by atoms with van der Waals surface area (Å²) in [4.78, 5) is 30.2.